The van der Waals surface area contributed by atoms with E-state index in [0.717, 1.165) is 6.92 Å². The fourth-order valence-electron chi connectivity index (χ4n) is 1.72. The molecule has 0 amide bonds. The molecule has 0 saturated heterocycles. The lowest BCUT2D eigenvalue weighted by Crippen LogP contribution is -2.30. The van der Waals surface area contributed by atoms with Gasteiger partial charge in [0.25, 0.3) is 0 Å². The summed E-state index contributed by atoms with van der Waals surface area (Å²) in [6.45, 7) is 2.69. The summed E-state index contributed by atoms with van der Waals surface area (Å²) in [4.78, 5) is 0. The van der Waals surface area contributed by atoms with Crippen molar-refractivity contribution >= 4 is 0 Å². The molecular weight excluding hydrogens is 172 g/mol. The molecule has 0 N–H and O–H groups in total. The minimum atomic E-state index is -4.25. The van der Waals surface area contributed by atoms with Gasteiger partial charge in [-0.05, 0) is 12.8 Å². The molecule has 0 spiro atoms. The third-order valence-corrected chi connectivity index (χ3v) is 3.03. The molecule has 3 atom stereocenters. The van der Waals surface area contributed by atoms with Gasteiger partial charge < -0.3 is 0 Å². The number of halogens is 4. The minimum Gasteiger partial charge on any atom is -0.247 e. The first kappa shape index (κ1) is 9.81. The zero-order valence-electron chi connectivity index (χ0n) is 7.08. The third kappa shape index (κ3) is 1.31. The van der Waals surface area contributed by atoms with E-state index in [9.17, 15) is 17.6 Å². The summed E-state index contributed by atoms with van der Waals surface area (Å²) in [6.07, 6.45) is -5.16. The van der Waals surface area contributed by atoms with Gasteiger partial charge in [0.1, 0.15) is 6.17 Å². The van der Waals surface area contributed by atoms with Crippen molar-refractivity contribution in [3.05, 3.63) is 0 Å². The first-order chi connectivity index (χ1) is 5.34. The number of alkyl halides is 4. The molecule has 0 radical (unpaired) electrons. The van der Waals surface area contributed by atoms with Crippen molar-refractivity contribution in [2.75, 3.05) is 0 Å². The predicted octanol–water partition coefficient (Wildman–Crippen LogP) is 3.32. The molecule has 0 aromatic carbocycles. The molecule has 0 aliphatic heterocycles. The van der Waals surface area contributed by atoms with Crippen LogP contribution in [0.25, 0.3) is 0 Å². The molecule has 12 heavy (non-hydrogen) atoms. The van der Waals surface area contributed by atoms with Gasteiger partial charge in [0.05, 0.1) is 5.92 Å². The Bertz CT molecular complexity index is 170. The van der Waals surface area contributed by atoms with Gasteiger partial charge in [0, 0.05) is 5.41 Å². The largest absolute Gasteiger partial charge is 0.392 e. The van der Waals surface area contributed by atoms with Crippen molar-refractivity contribution in [1.29, 1.82) is 0 Å². The van der Waals surface area contributed by atoms with Crippen molar-refractivity contribution in [2.45, 2.75) is 39.0 Å². The summed E-state index contributed by atoms with van der Waals surface area (Å²) in [5.41, 5.74) is -1.10. The molecule has 1 aliphatic carbocycles. The van der Waals surface area contributed by atoms with Crippen LogP contribution >= 0.6 is 0 Å². The van der Waals surface area contributed by atoms with Crippen LogP contribution in [0, 0.1) is 11.3 Å². The molecule has 1 rings (SSSR count). The lowest BCUT2D eigenvalue weighted by molar-refractivity contribution is -0.190. The Morgan fingerprint density at radius 3 is 2.00 bits per heavy atom. The molecule has 0 aromatic rings. The third-order valence-electron chi connectivity index (χ3n) is 3.03. The van der Waals surface area contributed by atoms with Crippen molar-refractivity contribution in [1.82, 2.24) is 0 Å². The lowest BCUT2D eigenvalue weighted by atomic mass is 9.87. The number of hydrogen-bond acceptors (Lipinski definition) is 0. The highest BCUT2D eigenvalue weighted by Crippen LogP contribution is 2.60. The maximum absolute atomic E-state index is 12.7. The summed E-state index contributed by atoms with van der Waals surface area (Å²) < 4.78 is 49.2. The van der Waals surface area contributed by atoms with Crippen LogP contribution in [0.1, 0.15) is 26.7 Å². The Kier molecular flexibility index (Phi) is 2.13. The van der Waals surface area contributed by atoms with Crippen molar-refractivity contribution in [3.8, 4) is 0 Å². The second-order valence-electron chi connectivity index (χ2n) is 3.52. The molecule has 1 fully saturated rings. The summed E-state index contributed by atoms with van der Waals surface area (Å²) in [5.74, 6) is -1.51. The van der Waals surface area contributed by atoms with Crippen LogP contribution in [0.2, 0.25) is 0 Å². The summed E-state index contributed by atoms with van der Waals surface area (Å²) in [6, 6.07) is 0. The smallest absolute Gasteiger partial charge is 0.247 e. The maximum Gasteiger partial charge on any atom is 0.392 e. The van der Waals surface area contributed by atoms with Gasteiger partial charge in [0.2, 0.25) is 0 Å². The lowest BCUT2D eigenvalue weighted by Gasteiger charge is -2.24. The Labute approximate surface area is 69.0 Å². The van der Waals surface area contributed by atoms with E-state index in [-0.39, 0.29) is 12.8 Å². The molecule has 4 heteroatoms. The van der Waals surface area contributed by atoms with E-state index in [1.54, 1.807) is 6.92 Å². The fourth-order valence-corrected chi connectivity index (χ4v) is 1.72. The highest BCUT2D eigenvalue weighted by molar-refractivity contribution is 5.06. The molecule has 0 aromatic heterocycles. The molecule has 0 heterocycles. The van der Waals surface area contributed by atoms with Crippen LogP contribution in [-0.4, -0.2) is 12.3 Å². The van der Waals surface area contributed by atoms with Gasteiger partial charge in [0.15, 0.2) is 0 Å². The molecular formula is C8H12F4. The standard InChI is InChI=1S/C8H12F4/c1-3-7(4-6(7)9)5(2)8(10,11)12/h5-6H,3-4H2,1-2H3. The van der Waals surface area contributed by atoms with Gasteiger partial charge in [-0.2, -0.15) is 13.2 Å². The van der Waals surface area contributed by atoms with Gasteiger partial charge in [-0.25, -0.2) is 4.39 Å². The number of rotatable bonds is 2. The molecule has 3 unspecified atom stereocenters. The highest BCUT2D eigenvalue weighted by atomic mass is 19.4. The summed E-state index contributed by atoms with van der Waals surface area (Å²) in [5, 5.41) is 0. The highest BCUT2D eigenvalue weighted by Gasteiger charge is 2.64. The zero-order valence-corrected chi connectivity index (χ0v) is 7.08. The van der Waals surface area contributed by atoms with Crippen LogP contribution in [0.15, 0.2) is 0 Å². The Morgan fingerprint density at radius 2 is 1.92 bits per heavy atom. The summed E-state index contributed by atoms with van der Waals surface area (Å²) >= 11 is 0. The second-order valence-corrected chi connectivity index (χ2v) is 3.52. The topological polar surface area (TPSA) is 0 Å². The second kappa shape index (κ2) is 2.60. The molecule has 1 aliphatic rings. The van der Waals surface area contributed by atoms with Crippen molar-refractivity contribution < 1.29 is 17.6 Å². The molecule has 0 nitrogen and oxygen atoms in total. The van der Waals surface area contributed by atoms with E-state index in [2.05, 4.69) is 0 Å². The van der Waals surface area contributed by atoms with Crippen molar-refractivity contribution in [3.63, 3.8) is 0 Å². The normalized spacial score (nSPS) is 38.0. The van der Waals surface area contributed by atoms with Crippen LogP contribution in [0.4, 0.5) is 17.6 Å². The first-order valence-electron chi connectivity index (χ1n) is 4.05. The average molecular weight is 184 g/mol. The SMILES string of the molecule is CCC1(C(C)C(F)(F)F)CC1F. The van der Waals surface area contributed by atoms with Crippen LogP contribution in [0.3, 0.4) is 0 Å². The Morgan fingerprint density at radius 1 is 1.50 bits per heavy atom. The van der Waals surface area contributed by atoms with Gasteiger partial charge in [-0.15, -0.1) is 0 Å². The van der Waals surface area contributed by atoms with E-state index in [4.69, 9.17) is 0 Å². The fraction of sp³-hybridized carbons (Fsp3) is 1.00. The van der Waals surface area contributed by atoms with E-state index in [1.165, 1.54) is 0 Å². The Balaban J connectivity index is 2.70. The van der Waals surface area contributed by atoms with E-state index < -0.39 is 23.7 Å². The average Bonchev–Trinajstić information content (AvgIpc) is 2.59. The number of hydrogen-bond donors (Lipinski definition) is 0. The quantitative estimate of drug-likeness (QED) is 0.577. The van der Waals surface area contributed by atoms with Crippen LogP contribution < -0.4 is 0 Å². The van der Waals surface area contributed by atoms with E-state index in [1.807, 2.05) is 0 Å². The summed E-state index contributed by atoms with van der Waals surface area (Å²) in [7, 11) is 0. The monoisotopic (exact) mass is 184 g/mol. The maximum atomic E-state index is 12.7. The Hall–Kier alpha value is -0.280. The van der Waals surface area contributed by atoms with Gasteiger partial charge in [-0.1, -0.05) is 13.8 Å². The minimum absolute atomic E-state index is 0.0736. The molecule has 72 valence electrons. The first-order valence-corrected chi connectivity index (χ1v) is 4.05. The molecule has 0 bridgehead atoms. The molecule has 1 saturated carbocycles. The van der Waals surface area contributed by atoms with Crippen LogP contribution in [0.5, 0.6) is 0 Å². The van der Waals surface area contributed by atoms with Crippen molar-refractivity contribution in [2.24, 2.45) is 11.3 Å². The van der Waals surface area contributed by atoms with Crippen LogP contribution in [-0.2, 0) is 0 Å². The predicted molar refractivity (Wildman–Crippen MR) is 37.5 cm³/mol. The van der Waals surface area contributed by atoms with Gasteiger partial charge >= 0.3 is 6.18 Å². The van der Waals surface area contributed by atoms with E-state index in [0.29, 0.717) is 0 Å². The zero-order chi connectivity index (χ0) is 9.57. The van der Waals surface area contributed by atoms with E-state index >= 15 is 0 Å². The van der Waals surface area contributed by atoms with Gasteiger partial charge in [-0.3, -0.25) is 0 Å².